The number of nitrogens with one attached hydrogen (secondary N) is 3. The molecule has 8 nitrogen and oxygen atoms in total. The monoisotopic (exact) mass is 408 g/mol. The second-order valence-electron chi connectivity index (χ2n) is 7.05. The maximum Gasteiger partial charge on any atom is 0.323 e. The summed E-state index contributed by atoms with van der Waals surface area (Å²) < 4.78 is 15.9. The van der Waals surface area contributed by atoms with Gasteiger partial charge in [-0.15, -0.1) is 0 Å². The smallest absolute Gasteiger partial charge is 0.323 e. The highest BCUT2D eigenvalue weighted by Crippen LogP contribution is 2.45. The fourth-order valence-electron chi connectivity index (χ4n) is 3.28. The number of urea groups is 1. The van der Waals surface area contributed by atoms with Gasteiger partial charge in [-0.1, -0.05) is 12.1 Å². The molecule has 2 amide bonds. The quantitative estimate of drug-likeness (QED) is 0.530. The number of aromatic nitrogens is 2. The van der Waals surface area contributed by atoms with Gasteiger partial charge in [-0.3, -0.25) is 5.10 Å². The average molecular weight is 408 g/mol. The Kier molecular flexibility index (Phi) is 5.47. The molecular formula is C22H24N4O4. The van der Waals surface area contributed by atoms with E-state index in [9.17, 15) is 4.79 Å². The van der Waals surface area contributed by atoms with Crippen LogP contribution in [0.5, 0.6) is 17.2 Å². The lowest BCUT2D eigenvalue weighted by Crippen LogP contribution is -2.20. The van der Waals surface area contributed by atoms with Crippen LogP contribution in [0.2, 0.25) is 0 Å². The third-order valence-corrected chi connectivity index (χ3v) is 4.97. The highest BCUT2D eigenvalue weighted by molar-refractivity contribution is 6.02. The first-order valence-corrected chi connectivity index (χ1v) is 9.65. The summed E-state index contributed by atoms with van der Waals surface area (Å²) in [4.78, 5) is 12.8. The number of hydrogen-bond donors (Lipinski definition) is 3. The number of carbonyl (C=O) groups excluding carboxylic acids is 1. The van der Waals surface area contributed by atoms with Crippen LogP contribution in [0.25, 0.3) is 11.3 Å². The predicted octanol–water partition coefficient (Wildman–Crippen LogP) is 4.62. The molecule has 3 N–H and O–H groups in total. The van der Waals surface area contributed by atoms with Gasteiger partial charge in [0.15, 0.2) is 0 Å². The number of anilines is 2. The molecule has 0 saturated heterocycles. The van der Waals surface area contributed by atoms with Crippen LogP contribution in [-0.2, 0) is 0 Å². The van der Waals surface area contributed by atoms with Gasteiger partial charge >= 0.3 is 6.03 Å². The average Bonchev–Trinajstić information content (AvgIpc) is 3.53. The number of nitrogens with zero attached hydrogens (tertiary/aromatic N) is 1. The summed E-state index contributed by atoms with van der Waals surface area (Å²) in [5, 5.41) is 13.4. The lowest BCUT2D eigenvalue weighted by molar-refractivity contribution is 0.262. The van der Waals surface area contributed by atoms with Crippen molar-refractivity contribution in [3.8, 4) is 28.5 Å². The molecule has 1 aliphatic carbocycles. The third kappa shape index (κ3) is 4.17. The first-order chi connectivity index (χ1) is 14.6. The molecule has 1 fully saturated rings. The van der Waals surface area contributed by atoms with Crippen LogP contribution in [-0.4, -0.2) is 37.6 Å². The van der Waals surface area contributed by atoms with Crippen LogP contribution in [0.4, 0.5) is 16.2 Å². The van der Waals surface area contributed by atoms with Crippen molar-refractivity contribution in [2.24, 2.45) is 0 Å². The van der Waals surface area contributed by atoms with Crippen molar-refractivity contribution >= 4 is 17.4 Å². The van der Waals surface area contributed by atoms with Gasteiger partial charge in [0, 0.05) is 35.4 Å². The minimum absolute atomic E-state index is 0.377. The van der Waals surface area contributed by atoms with Crippen LogP contribution in [0, 0.1) is 0 Å². The van der Waals surface area contributed by atoms with Crippen molar-refractivity contribution in [3.63, 3.8) is 0 Å². The number of methoxy groups -OCH3 is 3. The molecule has 0 radical (unpaired) electrons. The van der Waals surface area contributed by atoms with Gasteiger partial charge in [-0.2, -0.15) is 5.10 Å². The van der Waals surface area contributed by atoms with Crippen LogP contribution in [0.3, 0.4) is 0 Å². The number of benzene rings is 2. The molecule has 8 heteroatoms. The summed E-state index contributed by atoms with van der Waals surface area (Å²) in [5.41, 5.74) is 3.71. The maximum atomic E-state index is 12.8. The Balaban J connectivity index is 1.61. The van der Waals surface area contributed by atoms with E-state index in [0.29, 0.717) is 34.5 Å². The molecule has 3 aromatic rings. The molecule has 156 valence electrons. The molecule has 0 atom stereocenters. The lowest BCUT2D eigenvalue weighted by Gasteiger charge is -2.12. The summed E-state index contributed by atoms with van der Waals surface area (Å²) in [6.07, 6.45) is 2.15. The van der Waals surface area contributed by atoms with Crippen LogP contribution < -0.4 is 24.8 Å². The fraction of sp³-hybridized carbons (Fsp3) is 0.273. The largest absolute Gasteiger partial charge is 0.497 e. The van der Waals surface area contributed by atoms with E-state index in [-0.39, 0.29) is 6.03 Å². The summed E-state index contributed by atoms with van der Waals surface area (Å²) in [7, 11) is 4.74. The first kappa shape index (κ1) is 19.6. The van der Waals surface area contributed by atoms with E-state index < -0.39 is 0 Å². The molecule has 1 saturated carbocycles. The van der Waals surface area contributed by atoms with E-state index in [1.54, 1.807) is 39.5 Å². The van der Waals surface area contributed by atoms with E-state index in [1.165, 1.54) is 0 Å². The molecule has 0 aliphatic heterocycles. The van der Waals surface area contributed by atoms with Gasteiger partial charge in [-0.05, 0) is 25.0 Å². The Morgan fingerprint density at radius 3 is 2.30 bits per heavy atom. The van der Waals surface area contributed by atoms with Crippen molar-refractivity contribution in [1.82, 2.24) is 10.2 Å². The zero-order valence-electron chi connectivity index (χ0n) is 17.1. The highest BCUT2D eigenvalue weighted by atomic mass is 16.5. The zero-order valence-corrected chi connectivity index (χ0v) is 17.1. The Labute approximate surface area is 174 Å². The van der Waals surface area contributed by atoms with Crippen molar-refractivity contribution in [2.45, 2.75) is 18.8 Å². The lowest BCUT2D eigenvalue weighted by atomic mass is 10.1. The van der Waals surface area contributed by atoms with Crippen molar-refractivity contribution in [1.29, 1.82) is 0 Å². The molecular weight excluding hydrogens is 384 g/mol. The van der Waals surface area contributed by atoms with Crippen LogP contribution in [0.15, 0.2) is 42.5 Å². The number of ether oxygens (including phenoxy) is 3. The Hall–Kier alpha value is -3.68. The summed E-state index contributed by atoms with van der Waals surface area (Å²) in [5.74, 6) is 2.28. The number of carbonyl (C=O) groups is 1. The summed E-state index contributed by atoms with van der Waals surface area (Å²) in [6.45, 7) is 0. The van der Waals surface area contributed by atoms with Crippen molar-refractivity contribution in [2.75, 3.05) is 32.0 Å². The van der Waals surface area contributed by atoms with Gasteiger partial charge in [0.05, 0.1) is 32.7 Å². The zero-order chi connectivity index (χ0) is 21.1. The molecule has 30 heavy (non-hydrogen) atoms. The van der Waals surface area contributed by atoms with E-state index in [0.717, 1.165) is 29.8 Å². The summed E-state index contributed by atoms with van der Waals surface area (Å²) in [6, 6.07) is 12.4. The summed E-state index contributed by atoms with van der Waals surface area (Å²) >= 11 is 0. The van der Waals surface area contributed by atoms with Gasteiger partial charge in [0.25, 0.3) is 0 Å². The van der Waals surface area contributed by atoms with Gasteiger partial charge in [0.2, 0.25) is 0 Å². The molecule has 2 aromatic carbocycles. The van der Waals surface area contributed by atoms with Gasteiger partial charge in [-0.25, -0.2) is 4.79 Å². The Morgan fingerprint density at radius 1 is 0.967 bits per heavy atom. The number of rotatable bonds is 7. The minimum atomic E-state index is -0.377. The van der Waals surface area contributed by atoms with Gasteiger partial charge < -0.3 is 24.8 Å². The van der Waals surface area contributed by atoms with Crippen molar-refractivity contribution in [3.05, 3.63) is 48.2 Å². The predicted molar refractivity (Wildman–Crippen MR) is 115 cm³/mol. The third-order valence-electron chi connectivity index (χ3n) is 4.97. The number of aromatic amines is 1. The fourth-order valence-corrected chi connectivity index (χ4v) is 3.28. The highest BCUT2D eigenvalue weighted by Gasteiger charge is 2.31. The van der Waals surface area contributed by atoms with E-state index in [1.807, 2.05) is 24.3 Å². The van der Waals surface area contributed by atoms with E-state index >= 15 is 0 Å². The van der Waals surface area contributed by atoms with Crippen LogP contribution >= 0.6 is 0 Å². The normalized spacial score (nSPS) is 12.9. The number of hydrogen-bond acceptors (Lipinski definition) is 5. The van der Waals surface area contributed by atoms with E-state index in [2.05, 4.69) is 20.8 Å². The number of H-pyrrole nitrogens is 1. The molecule has 1 heterocycles. The van der Waals surface area contributed by atoms with Crippen molar-refractivity contribution < 1.29 is 19.0 Å². The maximum absolute atomic E-state index is 12.8. The Bertz CT molecular complexity index is 1040. The molecule has 0 bridgehead atoms. The van der Waals surface area contributed by atoms with Gasteiger partial charge in [0.1, 0.15) is 22.9 Å². The van der Waals surface area contributed by atoms with Crippen LogP contribution in [0.1, 0.15) is 24.5 Å². The first-order valence-electron chi connectivity index (χ1n) is 9.65. The molecule has 0 unspecified atom stereocenters. The number of amides is 2. The van der Waals surface area contributed by atoms with E-state index in [4.69, 9.17) is 14.2 Å². The molecule has 1 aromatic heterocycles. The molecule has 4 rings (SSSR count). The molecule has 1 aliphatic rings. The minimum Gasteiger partial charge on any atom is -0.497 e. The standard InChI is InChI=1S/C22H24N4O4/c1-28-16-6-4-5-14(9-16)20-21(19(25-26-20)13-7-8-13)24-22(27)23-15-10-17(29-2)12-18(11-15)30-3/h4-6,9-13H,7-8H2,1-3H3,(H,25,26)(H2,23,24,27). The Morgan fingerprint density at radius 2 is 1.67 bits per heavy atom. The topological polar surface area (TPSA) is 97.5 Å². The molecule has 0 spiro atoms. The second kappa shape index (κ2) is 8.36. The SMILES string of the molecule is COc1cc(NC(=O)Nc2c(-c3cccc(OC)c3)n[nH]c2C2CC2)cc(OC)c1. The second-order valence-corrected chi connectivity index (χ2v) is 7.05.